The summed E-state index contributed by atoms with van der Waals surface area (Å²) in [6, 6.07) is 22.3. The highest BCUT2D eigenvalue weighted by molar-refractivity contribution is 7.89. The number of hydrogen-bond donors (Lipinski definition) is 0. The maximum absolute atomic E-state index is 13.8. The van der Waals surface area contributed by atoms with Crippen LogP contribution in [0.15, 0.2) is 99.3 Å². The van der Waals surface area contributed by atoms with Gasteiger partial charge in [-0.3, -0.25) is 14.9 Å². The molecule has 2 aromatic heterocycles. The Morgan fingerprint density at radius 2 is 1.82 bits per heavy atom. The first-order valence-corrected chi connectivity index (χ1v) is 15.6. The number of rotatable bonds is 11. The second-order valence-electron chi connectivity index (χ2n) is 9.78. The summed E-state index contributed by atoms with van der Waals surface area (Å²) < 4.78 is 39.8. The van der Waals surface area contributed by atoms with Crippen molar-refractivity contribution in [2.45, 2.75) is 31.3 Å². The first-order valence-electron chi connectivity index (χ1n) is 13.3. The topological polar surface area (TPSA) is 148 Å². The normalized spacial score (nSPS) is 11.9. The number of nitro groups is 1. The predicted molar refractivity (Wildman–Crippen MR) is 167 cm³/mol. The lowest BCUT2D eigenvalue weighted by atomic mass is 10.2. The van der Waals surface area contributed by atoms with Crippen molar-refractivity contribution < 1.29 is 27.3 Å². The minimum absolute atomic E-state index is 0.0312. The van der Waals surface area contributed by atoms with E-state index in [-0.39, 0.29) is 33.9 Å². The van der Waals surface area contributed by atoms with Crippen molar-refractivity contribution in [2.24, 2.45) is 5.10 Å². The molecule has 0 saturated carbocycles. The number of carbonyl (C=O) groups excluding carboxylic acids is 1. The molecule has 0 spiro atoms. The molecule has 0 N–H and O–H groups in total. The minimum atomic E-state index is -3.90. The summed E-state index contributed by atoms with van der Waals surface area (Å²) in [4.78, 5) is 28.7. The van der Waals surface area contributed by atoms with Gasteiger partial charge in [0.1, 0.15) is 10.7 Å². The summed E-state index contributed by atoms with van der Waals surface area (Å²) in [7, 11) is -2.36. The number of aromatic nitrogens is 1. The van der Waals surface area contributed by atoms with Gasteiger partial charge in [0.2, 0.25) is 15.2 Å². The molecular weight excluding hydrogens is 606 g/mol. The van der Waals surface area contributed by atoms with Crippen molar-refractivity contribution in [3.05, 3.63) is 112 Å². The minimum Gasteiger partial charge on any atom is -0.497 e. The quantitative estimate of drug-likeness (QED) is 0.0964. The number of benzene rings is 3. The van der Waals surface area contributed by atoms with Crippen LogP contribution in [0.1, 0.15) is 35.5 Å². The lowest BCUT2D eigenvalue weighted by Crippen LogP contribution is -2.36. The number of nitrogens with zero attached hydrogens (tertiary/aromatic N) is 5. The molecule has 5 aromatic rings. The van der Waals surface area contributed by atoms with E-state index < -0.39 is 26.7 Å². The van der Waals surface area contributed by atoms with E-state index in [0.29, 0.717) is 11.3 Å². The highest BCUT2D eigenvalue weighted by atomic mass is 32.2. The average molecular weight is 634 g/mol. The highest BCUT2D eigenvalue weighted by Gasteiger charge is 2.28. The zero-order valence-corrected chi connectivity index (χ0v) is 25.5. The fourth-order valence-corrected chi connectivity index (χ4v) is 6.83. The summed E-state index contributed by atoms with van der Waals surface area (Å²) in [6.45, 7) is 3.79. The van der Waals surface area contributed by atoms with Gasteiger partial charge in [-0.25, -0.2) is 13.4 Å². The number of methoxy groups -OCH3 is 1. The van der Waals surface area contributed by atoms with Gasteiger partial charge < -0.3 is 9.15 Å². The summed E-state index contributed by atoms with van der Waals surface area (Å²) >= 11 is 1.18. The molecule has 14 heteroatoms. The van der Waals surface area contributed by atoms with E-state index in [2.05, 4.69) is 10.1 Å². The van der Waals surface area contributed by atoms with Crippen LogP contribution in [0.2, 0.25) is 0 Å². The zero-order chi connectivity index (χ0) is 31.4. The molecule has 226 valence electrons. The predicted octanol–water partition coefficient (Wildman–Crippen LogP) is 6.09. The van der Waals surface area contributed by atoms with Gasteiger partial charge in [-0.15, -0.1) is 0 Å². The lowest BCUT2D eigenvalue weighted by molar-refractivity contribution is -0.402. The Balaban J connectivity index is 1.47. The second-order valence-corrected chi connectivity index (χ2v) is 12.7. The Bertz CT molecular complexity index is 1940. The van der Waals surface area contributed by atoms with Gasteiger partial charge in [0.05, 0.1) is 34.5 Å². The molecule has 12 nitrogen and oxygen atoms in total. The Hall–Kier alpha value is -4.92. The number of furan rings is 1. The van der Waals surface area contributed by atoms with Crippen LogP contribution >= 0.6 is 11.3 Å². The summed E-state index contributed by atoms with van der Waals surface area (Å²) in [6.07, 6.45) is 1.17. The van der Waals surface area contributed by atoms with E-state index in [1.165, 1.54) is 65.4 Å². The average Bonchev–Trinajstić information content (AvgIpc) is 3.67. The van der Waals surface area contributed by atoms with Crippen LogP contribution in [0, 0.1) is 10.1 Å². The molecule has 44 heavy (non-hydrogen) atoms. The number of fused-ring (bicyclic) bond motifs is 1. The molecular formula is C30H27N5O7S2. The molecule has 0 aliphatic heterocycles. The van der Waals surface area contributed by atoms with Crippen LogP contribution in [-0.4, -0.2) is 47.9 Å². The number of thiazole rings is 1. The van der Waals surface area contributed by atoms with Crippen molar-refractivity contribution in [1.29, 1.82) is 0 Å². The number of anilines is 1. The molecule has 0 saturated heterocycles. The third-order valence-electron chi connectivity index (χ3n) is 6.52. The van der Waals surface area contributed by atoms with Crippen LogP contribution in [0.4, 0.5) is 11.0 Å². The van der Waals surface area contributed by atoms with Gasteiger partial charge in [0, 0.05) is 18.2 Å². The third kappa shape index (κ3) is 6.51. The van der Waals surface area contributed by atoms with Crippen molar-refractivity contribution in [2.75, 3.05) is 12.1 Å². The zero-order valence-electron chi connectivity index (χ0n) is 23.9. The maximum Gasteiger partial charge on any atom is 0.433 e. The van der Waals surface area contributed by atoms with E-state index >= 15 is 0 Å². The molecule has 0 bridgehead atoms. The SMILES string of the molecule is COc1ccc2nc(N(/N=C/c3ccc([N+](=O)[O-])o3)C(=O)c3ccc(S(=O)(=O)N(Cc4ccccc4)C(C)C)cc3)sc2c1. The monoisotopic (exact) mass is 633 g/mol. The Morgan fingerprint density at radius 1 is 1.09 bits per heavy atom. The van der Waals surface area contributed by atoms with Gasteiger partial charge in [-0.05, 0) is 67.9 Å². The summed E-state index contributed by atoms with van der Waals surface area (Å²) in [5.74, 6) is -0.430. The van der Waals surface area contributed by atoms with Crippen LogP contribution < -0.4 is 9.75 Å². The molecule has 3 aromatic carbocycles. The molecule has 0 radical (unpaired) electrons. The number of amides is 1. The van der Waals surface area contributed by atoms with Gasteiger partial charge in [-0.2, -0.15) is 14.4 Å². The van der Waals surface area contributed by atoms with Crippen molar-refractivity contribution in [1.82, 2.24) is 9.29 Å². The molecule has 0 atom stereocenters. The molecule has 0 fully saturated rings. The smallest absolute Gasteiger partial charge is 0.433 e. The fourth-order valence-electron chi connectivity index (χ4n) is 4.26. The van der Waals surface area contributed by atoms with Crippen LogP contribution in [-0.2, 0) is 16.6 Å². The first kappa shape index (κ1) is 30.5. The van der Waals surface area contributed by atoms with Gasteiger partial charge >= 0.3 is 5.88 Å². The fraction of sp³-hybridized carbons (Fsp3) is 0.167. The first-order chi connectivity index (χ1) is 21.1. The summed E-state index contributed by atoms with van der Waals surface area (Å²) in [5.41, 5.74) is 1.59. The number of carbonyl (C=O) groups is 1. The number of sulfonamides is 1. The van der Waals surface area contributed by atoms with E-state index in [1.807, 2.05) is 30.3 Å². The van der Waals surface area contributed by atoms with Gasteiger partial charge in [0.25, 0.3) is 5.91 Å². The van der Waals surface area contributed by atoms with Crippen LogP contribution in [0.3, 0.4) is 0 Å². The highest BCUT2D eigenvalue weighted by Crippen LogP contribution is 2.33. The Labute approximate surface area is 257 Å². The molecule has 0 unspecified atom stereocenters. The molecule has 5 rings (SSSR count). The molecule has 1 amide bonds. The van der Waals surface area contributed by atoms with Gasteiger partial charge in [0.15, 0.2) is 5.76 Å². The number of ether oxygens (including phenoxy) is 1. The lowest BCUT2D eigenvalue weighted by Gasteiger charge is -2.26. The van der Waals surface area contributed by atoms with Gasteiger partial charge in [-0.1, -0.05) is 41.7 Å². The van der Waals surface area contributed by atoms with E-state index in [0.717, 1.165) is 15.3 Å². The van der Waals surface area contributed by atoms with E-state index in [1.54, 1.807) is 32.0 Å². The molecule has 0 aliphatic rings. The number of hydrogen-bond acceptors (Lipinski definition) is 10. The number of hydrazone groups is 1. The van der Waals surface area contributed by atoms with Crippen molar-refractivity contribution >= 4 is 54.7 Å². The maximum atomic E-state index is 13.8. The molecule has 2 heterocycles. The Morgan fingerprint density at radius 3 is 2.45 bits per heavy atom. The summed E-state index contributed by atoms with van der Waals surface area (Å²) in [5, 5.41) is 16.5. The largest absolute Gasteiger partial charge is 0.497 e. The van der Waals surface area contributed by atoms with E-state index in [4.69, 9.17) is 9.15 Å². The van der Waals surface area contributed by atoms with Crippen molar-refractivity contribution in [3.63, 3.8) is 0 Å². The second kappa shape index (κ2) is 12.8. The Kier molecular flexibility index (Phi) is 8.85. The molecule has 0 aliphatic carbocycles. The van der Waals surface area contributed by atoms with Crippen LogP contribution in [0.25, 0.3) is 10.2 Å². The van der Waals surface area contributed by atoms with E-state index in [9.17, 15) is 23.3 Å². The third-order valence-corrected chi connectivity index (χ3v) is 9.55. The van der Waals surface area contributed by atoms with Crippen molar-refractivity contribution in [3.8, 4) is 5.75 Å². The standard InChI is InChI=1S/C30H27N5O7S2/c1-20(2)33(19-21-7-5-4-6-8-21)44(39,40)25-13-9-22(10-14-25)29(36)34(31-18-24-12-16-28(42-24)35(37)38)30-32-26-15-11-23(41-3)17-27(26)43-30/h4-18,20H,19H2,1-3H3/b31-18+. The van der Waals surface area contributed by atoms with Crippen LogP contribution in [0.5, 0.6) is 5.75 Å².